The Balaban J connectivity index is 0.000000223. The average Bonchev–Trinajstić information content (AvgIpc) is 2.96. The molecule has 39 heavy (non-hydrogen) atoms. The van der Waals surface area contributed by atoms with Gasteiger partial charge in [0, 0.05) is 18.5 Å². The summed E-state index contributed by atoms with van der Waals surface area (Å²) >= 11 is -0.287. The number of amides is 1. The van der Waals surface area contributed by atoms with Gasteiger partial charge in [-0.05, 0) is 11.6 Å². The maximum Gasteiger partial charge on any atom is 0.272 e. The SMILES string of the molecule is Cc1ccc([CH2][Sn][CH2]c2ccc(C)cc2)cc1.O=C=C(Cc1ccccc1)C(=O)NNCc1ccccc1O. The summed E-state index contributed by atoms with van der Waals surface area (Å²) in [6, 6.07) is 34.0. The number of carbonyl (C=O) groups is 1. The number of nitrogens with one attached hydrogen (secondary N) is 2. The molecule has 0 atom stereocenters. The van der Waals surface area contributed by atoms with Gasteiger partial charge in [-0.3, -0.25) is 10.2 Å². The molecule has 0 aliphatic carbocycles. The molecule has 0 unspecified atom stereocenters. The number of carbonyl (C=O) groups excluding carboxylic acids is 2. The van der Waals surface area contributed by atoms with Gasteiger partial charge in [0.2, 0.25) is 0 Å². The Morgan fingerprint density at radius 3 is 1.82 bits per heavy atom. The van der Waals surface area contributed by atoms with Crippen LogP contribution in [0.4, 0.5) is 0 Å². The van der Waals surface area contributed by atoms with Crippen LogP contribution in [0.2, 0.25) is 0 Å². The van der Waals surface area contributed by atoms with Gasteiger partial charge in [0.05, 0.1) is 0 Å². The van der Waals surface area contributed by atoms with Crippen LogP contribution in [0.3, 0.4) is 0 Å². The molecule has 0 saturated carbocycles. The number of phenols is 1. The van der Waals surface area contributed by atoms with Crippen molar-refractivity contribution in [3.63, 3.8) is 0 Å². The number of hydrazine groups is 1. The molecule has 5 nitrogen and oxygen atoms in total. The Bertz CT molecular complexity index is 1320. The molecule has 0 aliphatic heterocycles. The van der Waals surface area contributed by atoms with Crippen LogP contribution < -0.4 is 10.9 Å². The first-order valence-corrected chi connectivity index (χ1v) is 16.9. The first-order chi connectivity index (χ1) is 18.9. The van der Waals surface area contributed by atoms with Gasteiger partial charge in [0.1, 0.15) is 17.3 Å². The smallest absolute Gasteiger partial charge is 0.272 e. The van der Waals surface area contributed by atoms with Crippen LogP contribution in [-0.2, 0) is 31.4 Å². The average molecular weight is 625 g/mol. The van der Waals surface area contributed by atoms with Crippen LogP contribution in [-0.4, -0.2) is 38.1 Å². The minimum Gasteiger partial charge on any atom is -0.508 e. The zero-order chi connectivity index (χ0) is 27.9. The third kappa shape index (κ3) is 10.9. The van der Waals surface area contributed by atoms with Gasteiger partial charge in [-0.2, -0.15) is 0 Å². The number of aromatic hydroxyl groups is 1. The first-order valence-electron chi connectivity index (χ1n) is 12.8. The summed E-state index contributed by atoms with van der Waals surface area (Å²) in [6.07, 6.45) is 0.217. The van der Waals surface area contributed by atoms with Crippen molar-refractivity contribution in [2.24, 2.45) is 0 Å². The van der Waals surface area contributed by atoms with E-state index in [9.17, 15) is 14.7 Å². The predicted molar refractivity (Wildman–Crippen MR) is 158 cm³/mol. The molecule has 1 amide bonds. The third-order valence-corrected chi connectivity index (χ3v) is 9.75. The van der Waals surface area contributed by atoms with E-state index in [1.165, 1.54) is 31.1 Å². The Morgan fingerprint density at radius 2 is 1.28 bits per heavy atom. The second-order valence-electron chi connectivity index (χ2n) is 9.25. The molecule has 0 saturated heterocycles. The Hall–Kier alpha value is -3.64. The molecular formula is C33H34N2O3Sn. The summed E-state index contributed by atoms with van der Waals surface area (Å²) in [4.78, 5) is 22.9. The number of phenolic OH excluding ortho intramolecular Hbond substituents is 1. The van der Waals surface area contributed by atoms with Gasteiger partial charge in [-0.25, -0.2) is 10.2 Å². The standard InChI is InChI=1S/C17H16N2O3.2C8H9.Sn/c20-12-15(10-13-6-2-1-3-7-13)17(22)19-18-11-14-8-4-5-9-16(14)21;2*1-7-3-5-8(2)6-4-7;/h1-9,18,21H,10-11H2,(H,19,22);2*3-6H,1H2,2H3;. The Morgan fingerprint density at radius 1 is 0.744 bits per heavy atom. The number of para-hydroxylation sites is 1. The second-order valence-corrected chi connectivity index (χ2v) is 12.7. The molecule has 4 aromatic carbocycles. The van der Waals surface area contributed by atoms with Crippen molar-refractivity contribution < 1.29 is 14.7 Å². The Kier molecular flexibility index (Phi) is 12.5. The number of aryl methyl sites for hydroxylation is 2. The molecule has 198 valence electrons. The summed E-state index contributed by atoms with van der Waals surface area (Å²) in [5.74, 6) is 1.28. The van der Waals surface area contributed by atoms with Crippen molar-refractivity contribution in [2.75, 3.05) is 0 Å². The number of rotatable bonds is 10. The van der Waals surface area contributed by atoms with Crippen LogP contribution in [0.15, 0.2) is 109 Å². The van der Waals surface area contributed by atoms with Crippen molar-refractivity contribution in [3.05, 3.63) is 142 Å². The van der Waals surface area contributed by atoms with Crippen LogP contribution in [0.1, 0.15) is 33.4 Å². The van der Waals surface area contributed by atoms with E-state index in [-0.39, 0.29) is 45.4 Å². The van der Waals surface area contributed by atoms with Crippen molar-refractivity contribution in [1.82, 2.24) is 10.9 Å². The van der Waals surface area contributed by atoms with Crippen molar-refractivity contribution in [1.29, 1.82) is 0 Å². The molecule has 4 rings (SSSR count). The number of benzene rings is 4. The van der Waals surface area contributed by atoms with E-state index >= 15 is 0 Å². The van der Waals surface area contributed by atoms with Crippen LogP contribution in [0, 0.1) is 13.8 Å². The zero-order valence-corrected chi connectivity index (χ0v) is 25.3. The number of hydrogen-bond donors (Lipinski definition) is 3. The van der Waals surface area contributed by atoms with Gasteiger partial charge in [-0.15, -0.1) is 0 Å². The number of hydrogen-bond acceptors (Lipinski definition) is 4. The minimum atomic E-state index is -0.533. The van der Waals surface area contributed by atoms with E-state index in [1.807, 2.05) is 30.3 Å². The van der Waals surface area contributed by atoms with Crippen LogP contribution in [0.25, 0.3) is 0 Å². The molecule has 0 aliphatic rings. The molecule has 4 aromatic rings. The fourth-order valence-corrected chi connectivity index (χ4v) is 7.03. The van der Waals surface area contributed by atoms with Gasteiger partial charge in [0.15, 0.2) is 0 Å². The summed E-state index contributed by atoms with van der Waals surface area (Å²) in [6.45, 7) is 4.54. The van der Waals surface area contributed by atoms with Crippen LogP contribution >= 0.6 is 0 Å². The van der Waals surface area contributed by atoms with Crippen LogP contribution in [0.5, 0.6) is 5.75 Å². The second kappa shape index (κ2) is 16.3. The molecule has 0 heterocycles. The molecule has 0 aromatic heterocycles. The van der Waals surface area contributed by atoms with E-state index in [0.717, 1.165) is 5.56 Å². The quantitative estimate of drug-likeness (QED) is 0.0978. The fourth-order valence-electron chi connectivity index (χ4n) is 3.68. The fraction of sp³-hybridized carbons (Fsp3) is 0.182. The van der Waals surface area contributed by atoms with Crippen molar-refractivity contribution in [2.45, 2.75) is 35.7 Å². The van der Waals surface area contributed by atoms with Gasteiger partial charge >= 0.3 is 115 Å². The zero-order valence-electron chi connectivity index (χ0n) is 22.4. The largest absolute Gasteiger partial charge is 0.508 e. The van der Waals surface area contributed by atoms with E-state index < -0.39 is 5.91 Å². The van der Waals surface area contributed by atoms with Crippen molar-refractivity contribution in [3.8, 4) is 5.75 Å². The monoisotopic (exact) mass is 626 g/mol. The summed E-state index contributed by atoms with van der Waals surface area (Å²) in [5, 5.41) is 9.61. The summed E-state index contributed by atoms with van der Waals surface area (Å²) in [7, 11) is 0. The molecule has 2 radical (unpaired) electrons. The normalized spacial score (nSPS) is 10.1. The molecule has 3 N–H and O–H groups in total. The van der Waals surface area contributed by atoms with E-state index in [0.29, 0.717) is 5.56 Å². The van der Waals surface area contributed by atoms with Crippen molar-refractivity contribution >= 4 is 33.0 Å². The topological polar surface area (TPSA) is 78.4 Å². The summed E-state index contributed by atoms with van der Waals surface area (Å²) in [5.41, 5.74) is 12.4. The maximum absolute atomic E-state index is 11.9. The van der Waals surface area contributed by atoms with Gasteiger partial charge < -0.3 is 5.11 Å². The van der Waals surface area contributed by atoms with E-state index in [2.05, 4.69) is 73.2 Å². The molecular weight excluding hydrogens is 591 g/mol. The molecule has 0 spiro atoms. The molecule has 0 bridgehead atoms. The maximum atomic E-state index is 11.9. The predicted octanol–water partition coefficient (Wildman–Crippen LogP) is 5.22. The van der Waals surface area contributed by atoms with E-state index in [4.69, 9.17) is 0 Å². The Labute approximate surface area is 241 Å². The first kappa shape index (κ1) is 29.9. The third-order valence-electron chi connectivity index (χ3n) is 5.99. The van der Waals surface area contributed by atoms with Gasteiger partial charge in [0.25, 0.3) is 5.91 Å². The van der Waals surface area contributed by atoms with Gasteiger partial charge in [-0.1, -0.05) is 48.5 Å². The molecule has 6 heteroatoms. The minimum absolute atomic E-state index is 0.0102. The molecule has 0 fully saturated rings. The van der Waals surface area contributed by atoms with E-state index in [1.54, 1.807) is 30.2 Å². The summed E-state index contributed by atoms with van der Waals surface area (Å²) < 4.78 is 2.69.